The van der Waals surface area contributed by atoms with Crippen LogP contribution < -0.4 is 14.4 Å². The van der Waals surface area contributed by atoms with Crippen molar-refractivity contribution in [2.24, 2.45) is 0 Å². The minimum atomic E-state index is -0.406. The fourth-order valence-corrected chi connectivity index (χ4v) is 3.25. The maximum Gasteiger partial charge on any atom is 0.264 e. The molecule has 130 valence electrons. The molecule has 0 saturated carbocycles. The van der Waals surface area contributed by atoms with Gasteiger partial charge >= 0.3 is 0 Å². The first kappa shape index (κ1) is 15.7. The van der Waals surface area contributed by atoms with Crippen molar-refractivity contribution >= 4 is 11.9 Å². The van der Waals surface area contributed by atoms with Crippen LogP contribution >= 0.6 is 0 Å². The Kier molecular flexibility index (Phi) is 4.13. The number of carbonyl (C=O) groups is 1. The third-order valence-electron chi connectivity index (χ3n) is 4.62. The SMILES string of the molecule is COc1ccnc(N2CCN(C(=O)[C@@H]3Cc4ccccc4O3)CC2)n1. The topological polar surface area (TPSA) is 67.8 Å². The predicted octanol–water partition coefficient (Wildman–Crippen LogP) is 1.14. The fourth-order valence-electron chi connectivity index (χ4n) is 3.25. The molecule has 1 saturated heterocycles. The van der Waals surface area contributed by atoms with Crippen LogP contribution in [0.4, 0.5) is 5.95 Å². The number of methoxy groups -OCH3 is 1. The molecule has 2 aliphatic heterocycles. The van der Waals surface area contributed by atoms with Crippen molar-refractivity contribution in [1.82, 2.24) is 14.9 Å². The first-order valence-corrected chi connectivity index (χ1v) is 8.40. The number of rotatable bonds is 3. The third kappa shape index (κ3) is 3.09. The van der Waals surface area contributed by atoms with Gasteiger partial charge in [-0.05, 0) is 11.6 Å². The number of anilines is 1. The minimum absolute atomic E-state index is 0.0578. The summed E-state index contributed by atoms with van der Waals surface area (Å²) < 4.78 is 11.0. The lowest BCUT2D eigenvalue weighted by Gasteiger charge is -2.35. The van der Waals surface area contributed by atoms with Gasteiger partial charge in [-0.3, -0.25) is 4.79 Å². The molecular weight excluding hydrogens is 320 g/mol. The average molecular weight is 340 g/mol. The van der Waals surface area contributed by atoms with Gasteiger partial charge in [0.05, 0.1) is 7.11 Å². The van der Waals surface area contributed by atoms with Crippen LogP contribution in [-0.2, 0) is 11.2 Å². The molecule has 7 heteroatoms. The lowest BCUT2D eigenvalue weighted by Crippen LogP contribution is -2.52. The number of amides is 1. The van der Waals surface area contributed by atoms with Crippen LogP contribution in [0, 0.1) is 0 Å². The molecule has 1 amide bonds. The lowest BCUT2D eigenvalue weighted by molar-refractivity contribution is -0.138. The van der Waals surface area contributed by atoms with Gasteiger partial charge in [0.2, 0.25) is 11.8 Å². The van der Waals surface area contributed by atoms with Crippen LogP contribution in [0.15, 0.2) is 36.5 Å². The molecule has 1 aromatic heterocycles. The van der Waals surface area contributed by atoms with Crippen LogP contribution in [0.3, 0.4) is 0 Å². The Bertz CT molecular complexity index is 749. The molecule has 0 spiro atoms. The zero-order chi connectivity index (χ0) is 17.2. The first-order valence-electron chi connectivity index (χ1n) is 8.40. The summed E-state index contributed by atoms with van der Waals surface area (Å²) in [7, 11) is 1.59. The van der Waals surface area contributed by atoms with E-state index in [1.807, 2.05) is 29.2 Å². The number of fused-ring (bicyclic) bond motifs is 1. The fraction of sp³-hybridized carbons (Fsp3) is 0.389. The minimum Gasteiger partial charge on any atom is -0.481 e. The Balaban J connectivity index is 1.36. The second-order valence-electron chi connectivity index (χ2n) is 6.13. The third-order valence-corrected chi connectivity index (χ3v) is 4.62. The van der Waals surface area contributed by atoms with Gasteiger partial charge in [0.1, 0.15) is 5.75 Å². The number of nitrogens with zero attached hydrogens (tertiary/aromatic N) is 4. The normalized spacial score (nSPS) is 19.3. The number of hydrogen-bond acceptors (Lipinski definition) is 6. The summed E-state index contributed by atoms with van der Waals surface area (Å²) in [6, 6.07) is 9.56. The zero-order valence-corrected chi connectivity index (χ0v) is 14.1. The van der Waals surface area contributed by atoms with E-state index in [2.05, 4.69) is 14.9 Å². The number of aromatic nitrogens is 2. The van der Waals surface area contributed by atoms with Crippen molar-refractivity contribution in [2.75, 3.05) is 38.2 Å². The first-order chi connectivity index (χ1) is 12.2. The Morgan fingerprint density at radius 3 is 2.76 bits per heavy atom. The summed E-state index contributed by atoms with van der Waals surface area (Å²) >= 11 is 0. The molecule has 3 heterocycles. The molecule has 0 bridgehead atoms. The largest absolute Gasteiger partial charge is 0.481 e. The van der Waals surface area contributed by atoms with Gasteiger partial charge in [-0.15, -0.1) is 0 Å². The van der Waals surface area contributed by atoms with Gasteiger partial charge in [-0.2, -0.15) is 4.98 Å². The number of piperazine rings is 1. The van der Waals surface area contributed by atoms with Gasteiger partial charge in [0.15, 0.2) is 6.10 Å². The maximum absolute atomic E-state index is 12.7. The average Bonchev–Trinajstić information content (AvgIpc) is 3.12. The summed E-state index contributed by atoms with van der Waals surface area (Å²) in [6.07, 6.45) is 1.92. The summed E-state index contributed by atoms with van der Waals surface area (Å²) in [5.74, 6) is 2.06. The predicted molar refractivity (Wildman–Crippen MR) is 91.9 cm³/mol. The molecule has 2 aromatic rings. The lowest BCUT2D eigenvalue weighted by atomic mass is 10.1. The number of carbonyl (C=O) groups excluding carboxylic acids is 1. The molecule has 0 N–H and O–H groups in total. The Labute approximate surface area is 146 Å². The van der Waals surface area contributed by atoms with Crippen molar-refractivity contribution < 1.29 is 14.3 Å². The highest BCUT2D eigenvalue weighted by Gasteiger charge is 2.33. The van der Waals surface area contributed by atoms with Gasteiger partial charge in [0.25, 0.3) is 5.91 Å². The van der Waals surface area contributed by atoms with Crippen molar-refractivity contribution in [3.63, 3.8) is 0 Å². The number of benzene rings is 1. The van der Waals surface area contributed by atoms with E-state index in [-0.39, 0.29) is 5.91 Å². The van der Waals surface area contributed by atoms with E-state index in [1.165, 1.54) is 0 Å². The molecule has 4 rings (SSSR count). The van der Waals surface area contributed by atoms with Crippen molar-refractivity contribution in [2.45, 2.75) is 12.5 Å². The molecule has 1 aromatic carbocycles. The molecule has 25 heavy (non-hydrogen) atoms. The Morgan fingerprint density at radius 1 is 1.20 bits per heavy atom. The highest BCUT2D eigenvalue weighted by Crippen LogP contribution is 2.29. The van der Waals surface area contributed by atoms with Gasteiger partial charge < -0.3 is 19.3 Å². The van der Waals surface area contributed by atoms with E-state index in [1.54, 1.807) is 19.4 Å². The smallest absolute Gasteiger partial charge is 0.264 e. The number of para-hydroxylation sites is 1. The molecule has 7 nitrogen and oxygen atoms in total. The quantitative estimate of drug-likeness (QED) is 0.835. The molecular formula is C18H20N4O3. The molecule has 0 radical (unpaired) electrons. The van der Waals surface area contributed by atoms with Gasteiger partial charge in [0, 0.05) is 44.9 Å². The Hall–Kier alpha value is -2.83. The second-order valence-corrected chi connectivity index (χ2v) is 6.13. The zero-order valence-electron chi connectivity index (χ0n) is 14.1. The van der Waals surface area contributed by atoms with Gasteiger partial charge in [-0.25, -0.2) is 4.98 Å². The van der Waals surface area contributed by atoms with Crippen molar-refractivity contribution in [3.8, 4) is 11.6 Å². The van der Waals surface area contributed by atoms with E-state index in [4.69, 9.17) is 9.47 Å². The van der Waals surface area contributed by atoms with Crippen LogP contribution in [0.2, 0.25) is 0 Å². The van der Waals surface area contributed by atoms with E-state index < -0.39 is 6.10 Å². The van der Waals surface area contributed by atoms with Crippen LogP contribution in [0.25, 0.3) is 0 Å². The molecule has 0 unspecified atom stereocenters. The summed E-state index contributed by atoms with van der Waals surface area (Å²) in [4.78, 5) is 25.3. The van der Waals surface area contributed by atoms with Crippen molar-refractivity contribution in [3.05, 3.63) is 42.1 Å². The molecule has 1 fully saturated rings. The van der Waals surface area contributed by atoms with E-state index >= 15 is 0 Å². The Morgan fingerprint density at radius 2 is 2.00 bits per heavy atom. The molecule has 2 aliphatic rings. The van der Waals surface area contributed by atoms with Crippen molar-refractivity contribution in [1.29, 1.82) is 0 Å². The number of ether oxygens (including phenoxy) is 2. The molecule has 0 aliphatic carbocycles. The summed E-state index contributed by atoms with van der Waals surface area (Å²) in [6.45, 7) is 2.66. The summed E-state index contributed by atoms with van der Waals surface area (Å²) in [5, 5.41) is 0. The van der Waals surface area contributed by atoms with E-state index in [9.17, 15) is 4.79 Å². The maximum atomic E-state index is 12.7. The standard InChI is InChI=1S/C18H20N4O3/c1-24-16-6-7-19-18(20-16)22-10-8-21(9-11-22)17(23)15-12-13-4-2-3-5-14(13)25-15/h2-7,15H,8-12H2,1H3/t15-/m0/s1. The van der Waals surface area contributed by atoms with Crippen LogP contribution in [-0.4, -0.2) is 60.2 Å². The number of hydrogen-bond donors (Lipinski definition) is 0. The monoisotopic (exact) mass is 340 g/mol. The van der Waals surface area contributed by atoms with Crippen LogP contribution in [0.5, 0.6) is 11.6 Å². The highest BCUT2D eigenvalue weighted by molar-refractivity contribution is 5.83. The molecule has 1 atom stereocenters. The summed E-state index contributed by atoms with van der Waals surface area (Å²) in [5.41, 5.74) is 1.10. The second kappa shape index (κ2) is 6.58. The van der Waals surface area contributed by atoms with Crippen LogP contribution in [0.1, 0.15) is 5.56 Å². The van der Waals surface area contributed by atoms with E-state index in [0.717, 1.165) is 11.3 Å². The van der Waals surface area contributed by atoms with Gasteiger partial charge in [-0.1, -0.05) is 18.2 Å². The highest BCUT2D eigenvalue weighted by atomic mass is 16.5. The van der Waals surface area contributed by atoms with E-state index in [0.29, 0.717) is 44.4 Å².